The SMILES string of the molecule is CC(C)C(=O)NCCNC(=O)CCC1CCCN1. The number of hydrogen-bond acceptors (Lipinski definition) is 3. The van der Waals surface area contributed by atoms with Gasteiger partial charge in [-0.3, -0.25) is 9.59 Å². The van der Waals surface area contributed by atoms with Gasteiger partial charge in [0.2, 0.25) is 11.8 Å². The lowest BCUT2D eigenvalue weighted by Crippen LogP contribution is -2.36. The van der Waals surface area contributed by atoms with Gasteiger partial charge in [0.15, 0.2) is 0 Å². The Hall–Kier alpha value is -1.10. The first-order chi connectivity index (χ1) is 8.59. The molecule has 0 radical (unpaired) electrons. The van der Waals surface area contributed by atoms with Crippen molar-refractivity contribution in [3.8, 4) is 0 Å². The molecule has 1 heterocycles. The van der Waals surface area contributed by atoms with Gasteiger partial charge in [0.1, 0.15) is 0 Å². The van der Waals surface area contributed by atoms with Crippen LogP contribution in [0.25, 0.3) is 0 Å². The molecule has 0 spiro atoms. The zero-order valence-corrected chi connectivity index (χ0v) is 11.4. The fraction of sp³-hybridized carbons (Fsp3) is 0.846. The van der Waals surface area contributed by atoms with Gasteiger partial charge in [-0.15, -0.1) is 0 Å². The molecule has 0 aliphatic carbocycles. The van der Waals surface area contributed by atoms with E-state index in [1.165, 1.54) is 12.8 Å². The van der Waals surface area contributed by atoms with E-state index in [1.54, 1.807) is 0 Å². The first-order valence-electron chi connectivity index (χ1n) is 6.87. The van der Waals surface area contributed by atoms with Crippen LogP contribution in [0.5, 0.6) is 0 Å². The Morgan fingerprint density at radius 3 is 2.61 bits per heavy atom. The van der Waals surface area contributed by atoms with Crippen LogP contribution in [0.2, 0.25) is 0 Å². The molecule has 0 aromatic rings. The number of hydrogen-bond donors (Lipinski definition) is 3. The van der Waals surface area contributed by atoms with Crippen molar-refractivity contribution in [1.29, 1.82) is 0 Å². The average molecular weight is 255 g/mol. The molecule has 1 atom stereocenters. The van der Waals surface area contributed by atoms with Crippen LogP contribution in [-0.4, -0.2) is 37.5 Å². The van der Waals surface area contributed by atoms with Crippen molar-refractivity contribution in [1.82, 2.24) is 16.0 Å². The molecule has 1 rings (SSSR count). The first-order valence-corrected chi connectivity index (χ1v) is 6.87. The van der Waals surface area contributed by atoms with E-state index in [9.17, 15) is 9.59 Å². The van der Waals surface area contributed by atoms with Crippen LogP contribution in [0.15, 0.2) is 0 Å². The molecule has 0 saturated carbocycles. The van der Waals surface area contributed by atoms with Gasteiger partial charge in [0.25, 0.3) is 0 Å². The van der Waals surface area contributed by atoms with Gasteiger partial charge in [-0.25, -0.2) is 0 Å². The highest BCUT2D eigenvalue weighted by Crippen LogP contribution is 2.10. The van der Waals surface area contributed by atoms with Gasteiger partial charge in [0.05, 0.1) is 0 Å². The highest BCUT2D eigenvalue weighted by molar-refractivity contribution is 5.78. The Kier molecular flexibility index (Phi) is 6.72. The lowest BCUT2D eigenvalue weighted by Gasteiger charge is -2.11. The Morgan fingerprint density at radius 1 is 1.28 bits per heavy atom. The molecule has 0 bridgehead atoms. The highest BCUT2D eigenvalue weighted by Gasteiger charge is 2.14. The summed E-state index contributed by atoms with van der Waals surface area (Å²) < 4.78 is 0. The van der Waals surface area contributed by atoms with Crippen molar-refractivity contribution in [2.75, 3.05) is 19.6 Å². The minimum atomic E-state index is -0.00542. The summed E-state index contributed by atoms with van der Waals surface area (Å²) in [6.45, 7) is 5.79. The fourth-order valence-corrected chi connectivity index (χ4v) is 1.99. The van der Waals surface area contributed by atoms with Gasteiger partial charge in [-0.2, -0.15) is 0 Å². The van der Waals surface area contributed by atoms with E-state index in [0.29, 0.717) is 25.6 Å². The lowest BCUT2D eigenvalue weighted by atomic mass is 10.1. The minimum absolute atomic E-state index is 0.00542. The topological polar surface area (TPSA) is 70.2 Å². The number of carbonyl (C=O) groups is 2. The molecule has 2 amide bonds. The number of nitrogens with one attached hydrogen (secondary N) is 3. The smallest absolute Gasteiger partial charge is 0.222 e. The maximum Gasteiger partial charge on any atom is 0.222 e. The van der Waals surface area contributed by atoms with Crippen LogP contribution in [-0.2, 0) is 9.59 Å². The standard InChI is InChI=1S/C13H25N3O2/c1-10(2)13(18)16-9-8-15-12(17)6-5-11-4-3-7-14-11/h10-11,14H,3-9H2,1-2H3,(H,15,17)(H,16,18). The van der Waals surface area contributed by atoms with E-state index in [0.717, 1.165) is 13.0 Å². The summed E-state index contributed by atoms with van der Waals surface area (Å²) in [4.78, 5) is 22.8. The summed E-state index contributed by atoms with van der Waals surface area (Å²) in [5.74, 6) is 0.0936. The molecular weight excluding hydrogens is 230 g/mol. The predicted octanol–water partition coefficient (Wildman–Crippen LogP) is 0.407. The predicted molar refractivity (Wildman–Crippen MR) is 71.1 cm³/mol. The Labute approximate surface area is 109 Å². The molecule has 0 aromatic heterocycles. The highest BCUT2D eigenvalue weighted by atomic mass is 16.2. The molecule has 5 nitrogen and oxygen atoms in total. The molecule has 1 unspecified atom stereocenters. The molecule has 5 heteroatoms. The van der Waals surface area contributed by atoms with Crippen molar-refractivity contribution in [3.63, 3.8) is 0 Å². The molecule has 1 saturated heterocycles. The molecule has 0 aromatic carbocycles. The number of amides is 2. The Balaban J connectivity index is 1.97. The van der Waals surface area contributed by atoms with Gasteiger partial charge in [-0.05, 0) is 25.8 Å². The van der Waals surface area contributed by atoms with Crippen LogP contribution in [0.4, 0.5) is 0 Å². The molecule has 1 aliphatic rings. The van der Waals surface area contributed by atoms with E-state index in [1.807, 2.05) is 13.8 Å². The van der Waals surface area contributed by atoms with Crippen molar-refractivity contribution < 1.29 is 9.59 Å². The summed E-state index contributed by atoms with van der Waals surface area (Å²) in [6, 6.07) is 0.511. The van der Waals surface area contributed by atoms with E-state index in [4.69, 9.17) is 0 Å². The number of rotatable bonds is 7. The zero-order valence-electron chi connectivity index (χ0n) is 11.4. The van der Waals surface area contributed by atoms with Crippen LogP contribution < -0.4 is 16.0 Å². The first kappa shape index (κ1) is 15.0. The average Bonchev–Trinajstić information content (AvgIpc) is 2.84. The second-order valence-electron chi connectivity index (χ2n) is 5.13. The van der Waals surface area contributed by atoms with Crippen LogP contribution in [0.3, 0.4) is 0 Å². The summed E-state index contributed by atoms with van der Waals surface area (Å²) in [7, 11) is 0. The molecule has 18 heavy (non-hydrogen) atoms. The largest absolute Gasteiger partial charge is 0.354 e. The van der Waals surface area contributed by atoms with Crippen molar-refractivity contribution in [2.45, 2.75) is 45.6 Å². The third-order valence-electron chi connectivity index (χ3n) is 3.15. The lowest BCUT2D eigenvalue weighted by molar-refractivity contribution is -0.124. The van der Waals surface area contributed by atoms with E-state index >= 15 is 0 Å². The summed E-state index contributed by atoms with van der Waals surface area (Å²) in [6.07, 6.45) is 3.87. The second kappa shape index (κ2) is 8.08. The van der Waals surface area contributed by atoms with E-state index < -0.39 is 0 Å². The zero-order chi connectivity index (χ0) is 13.4. The quantitative estimate of drug-likeness (QED) is 0.577. The van der Waals surface area contributed by atoms with Crippen molar-refractivity contribution >= 4 is 11.8 Å². The van der Waals surface area contributed by atoms with E-state index in [2.05, 4.69) is 16.0 Å². The van der Waals surface area contributed by atoms with Gasteiger partial charge >= 0.3 is 0 Å². The summed E-state index contributed by atoms with van der Waals surface area (Å²) in [5.41, 5.74) is 0. The van der Waals surface area contributed by atoms with Crippen LogP contribution >= 0.6 is 0 Å². The number of carbonyl (C=O) groups excluding carboxylic acids is 2. The molecule has 1 aliphatic heterocycles. The maximum atomic E-state index is 11.5. The summed E-state index contributed by atoms with van der Waals surface area (Å²) in [5, 5.41) is 8.96. The van der Waals surface area contributed by atoms with Crippen molar-refractivity contribution in [2.24, 2.45) is 5.92 Å². The molecule has 104 valence electrons. The monoisotopic (exact) mass is 255 g/mol. The summed E-state index contributed by atoms with van der Waals surface area (Å²) >= 11 is 0. The Morgan fingerprint density at radius 2 is 2.00 bits per heavy atom. The maximum absolute atomic E-state index is 11.5. The van der Waals surface area contributed by atoms with Gasteiger partial charge in [0, 0.05) is 31.5 Å². The van der Waals surface area contributed by atoms with Gasteiger partial charge < -0.3 is 16.0 Å². The van der Waals surface area contributed by atoms with Crippen LogP contribution in [0, 0.1) is 5.92 Å². The fourth-order valence-electron chi connectivity index (χ4n) is 1.99. The second-order valence-corrected chi connectivity index (χ2v) is 5.13. The third-order valence-corrected chi connectivity index (χ3v) is 3.15. The third kappa shape index (κ3) is 6.00. The van der Waals surface area contributed by atoms with Crippen molar-refractivity contribution in [3.05, 3.63) is 0 Å². The molecular formula is C13H25N3O2. The van der Waals surface area contributed by atoms with E-state index in [-0.39, 0.29) is 17.7 Å². The Bertz CT molecular complexity index is 273. The molecule has 1 fully saturated rings. The van der Waals surface area contributed by atoms with Gasteiger partial charge in [-0.1, -0.05) is 13.8 Å². The normalized spacial score (nSPS) is 18.9. The van der Waals surface area contributed by atoms with Crippen LogP contribution in [0.1, 0.15) is 39.5 Å². The minimum Gasteiger partial charge on any atom is -0.354 e. The molecule has 3 N–H and O–H groups in total.